The monoisotopic (exact) mass is 431 g/mol. The first-order chi connectivity index (χ1) is 14.5. The Morgan fingerprint density at radius 1 is 1.07 bits per heavy atom. The molecule has 1 amide bonds. The molecule has 1 N–H and O–H groups in total. The first kappa shape index (κ1) is 22.6. The number of hydrogen-bond donors (Lipinski definition) is 1. The number of rotatable bonds is 9. The van der Waals surface area contributed by atoms with E-state index in [2.05, 4.69) is 9.80 Å². The minimum atomic E-state index is -0.548. The van der Waals surface area contributed by atoms with E-state index in [-0.39, 0.29) is 12.5 Å². The Hall–Kier alpha value is -2.12. The molecular formula is C23H30ClN3O3. The summed E-state index contributed by atoms with van der Waals surface area (Å²) in [5.41, 5.74) is 0.919. The number of benzene rings is 2. The van der Waals surface area contributed by atoms with E-state index >= 15 is 0 Å². The highest BCUT2D eigenvalue weighted by Crippen LogP contribution is 2.16. The summed E-state index contributed by atoms with van der Waals surface area (Å²) in [5, 5.41) is 10.9. The molecule has 30 heavy (non-hydrogen) atoms. The fourth-order valence-corrected chi connectivity index (χ4v) is 3.61. The van der Waals surface area contributed by atoms with E-state index in [0.29, 0.717) is 23.7 Å². The SMILES string of the molecule is CN(C(=O)CCN1CCN(CC(O)COc2ccc(Cl)cc2)CC1)c1ccccc1. The number of halogens is 1. The topological polar surface area (TPSA) is 56.3 Å². The fraction of sp³-hybridized carbons (Fsp3) is 0.435. The Kier molecular flexibility index (Phi) is 8.51. The van der Waals surface area contributed by atoms with Crippen LogP contribution in [0.1, 0.15) is 6.42 Å². The van der Waals surface area contributed by atoms with Crippen LogP contribution in [-0.2, 0) is 4.79 Å². The average molecular weight is 432 g/mol. The van der Waals surface area contributed by atoms with Crippen molar-refractivity contribution in [2.24, 2.45) is 0 Å². The molecule has 1 unspecified atom stereocenters. The van der Waals surface area contributed by atoms with E-state index in [0.717, 1.165) is 38.4 Å². The van der Waals surface area contributed by atoms with Crippen molar-refractivity contribution in [3.8, 4) is 5.75 Å². The number of aliphatic hydroxyl groups is 1. The van der Waals surface area contributed by atoms with Crippen LogP contribution in [0.15, 0.2) is 54.6 Å². The van der Waals surface area contributed by atoms with Crippen molar-refractivity contribution in [1.82, 2.24) is 9.80 Å². The number of para-hydroxylation sites is 1. The highest BCUT2D eigenvalue weighted by atomic mass is 35.5. The molecule has 1 fully saturated rings. The van der Waals surface area contributed by atoms with Crippen LogP contribution in [0.25, 0.3) is 0 Å². The average Bonchev–Trinajstić information content (AvgIpc) is 2.78. The zero-order valence-electron chi connectivity index (χ0n) is 17.4. The van der Waals surface area contributed by atoms with Crippen LogP contribution in [0.2, 0.25) is 5.02 Å². The van der Waals surface area contributed by atoms with Crippen LogP contribution >= 0.6 is 11.6 Å². The normalized spacial score (nSPS) is 16.2. The summed E-state index contributed by atoms with van der Waals surface area (Å²) in [6.45, 7) is 5.13. The number of carbonyl (C=O) groups is 1. The van der Waals surface area contributed by atoms with Crippen LogP contribution in [-0.4, -0.2) is 79.8 Å². The molecule has 0 bridgehead atoms. The Bertz CT molecular complexity index is 780. The number of aliphatic hydroxyl groups excluding tert-OH is 1. The van der Waals surface area contributed by atoms with E-state index in [4.69, 9.17) is 16.3 Å². The van der Waals surface area contributed by atoms with E-state index in [1.54, 1.807) is 29.2 Å². The second-order valence-corrected chi connectivity index (χ2v) is 8.04. The lowest BCUT2D eigenvalue weighted by molar-refractivity contribution is -0.118. The molecule has 0 aliphatic carbocycles. The number of amides is 1. The van der Waals surface area contributed by atoms with Gasteiger partial charge in [0.1, 0.15) is 18.5 Å². The number of ether oxygens (including phenoxy) is 1. The van der Waals surface area contributed by atoms with Gasteiger partial charge in [-0.25, -0.2) is 0 Å². The molecule has 0 radical (unpaired) electrons. The van der Waals surface area contributed by atoms with E-state index in [1.165, 1.54) is 0 Å². The summed E-state index contributed by atoms with van der Waals surface area (Å²) in [6.07, 6.45) is -0.0449. The largest absolute Gasteiger partial charge is 0.491 e. The van der Waals surface area contributed by atoms with Gasteiger partial charge in [-0.2, -0.15) is 0 Å². The Morgan fingerprint density at radius 3 is 2.37 bits per heavy atom. The quantitative estimate of drug-likeness (QED) is 0.661. The Labute approximate surface area is 183 Å². The van der Waals surface area contributed by atoms with Crippen molar-refractivity contribution in [2.75, 3.05) is 57.8 Å². The van der Waals surface area contributed by atoms with Gasteiger partial charge in [0.25, 0.3) is 0 Å². The number of hydrogen-bond acceptors (Lipinski definition) is 5. The van der Waals surface area contributed by atoms with Gasteiger partial charge in [-0.1, -0.05) is 29.8 Å². The molecular weight excluding hydrogens is 402 g/mol. The number of piperazine rings is 1. The van der Waals surface area contributed by atoms with Gasteiger partial charge < -0.3 is 19.6 Å². The molecule has 2 aromatic carbocycles. The standard InChI is InChI=1S/C23H30ClN3O3/c1-25(20-5-3-2-4-6-20)23(29)11-12-26-13-15-27(16-14-26)17-21(28)18-30-22-9-7-19(24)8-10-22/h2-10,21,28H,11-18H2,1H3. The summed E-state index contributed by atoms with van der Waals surface area (Å²) in [6, 6.07) is 16.8. The van der Waals surface area contributed by atoms with Gasteiger partial charge >= 0.3 is 0 Å². The van der Waals surface area contributed by atoms with Crippen LogP contribution < -0.4 is 9.64 Å². The molecule has 1 atom stereocenters. The lowest BCUT2D eigenvalue weighted by Gasteiger charge is -2.35. The second kappa shape index (κ2) is 11.3. The third-order valence-electron chi connectivity index (χ3n) is 5.35. The van der Waals surface area contributed by atoms with E-state index in [1.807, 2.05) is 37.4 Å². The van der Waals surface area contributed by atoms with Crippen molar-refractivity contribution < 1.29 is 14.6 Å². The molecule has 6 nitrogen and oxygen atoms in total. The minimum absolute atomic E-state index is 0.124. The molecule has 0 spiro atoms. The van der Waals surface area contributed by atoms with Crippen LogP contribution in [0.4, 0.5) is 5.69 Å². The summed E-state index contributed by atoms with van der Waals surface area (Å²) < 4.78 is 5.62. The van der Waals surface area contributed by atoms with E-state index < -0.39 is 6.10 Å². The maximum absolute atomic E-state index is 12.4. The molecule has 0 aromatic heterocycles. The molecule has 1 aliphatic rings. The maximum Gasteiger partial charge on any atom is 0.228 e. The molecule has 1 saturated heterocycles. The third-order valence-corrected chi connectivity index (χ3v) is 5.60. The predicted molar refractivity (Wildman–Crippen MR) is 120 cm³/mol. The number of carbonyl (C=O) groups excluding carboxylic acids is 1. The lowest BCUT2D eigenvalue weighted by Crippen LogP contribution is -2.49. The van der Waals surface area contributed by atoms with Crippen LogP contribution in [0.5, 0.6) is 5.75 Å². The summed E-state index contributed by atoms with van der Waals surface area (Å²) in [5.74, 6) is 0.826. The van der Waals surface area contributed by atoms with Crippen molar-refractivity contribution >= 4 is 23.2 Å². The number of nitrogens with zero attached hydrogens (tertiary/aromatic N) is 3. The maximum atomic E-state index is 12.4. The minimum Gasteiger partial charge on any atom is -0.491 e. The highest BCUT2D eigenvalue weighted by molar-refractivity contribution is 6.30. The summed E-state index contributed by atoms with van der Waals surface area (Å²) in [4.78, 5) is 18.7. The summed E-state index contributed by atoms with van der Waals surface area (Å²) >= 11 is 5.86. The predicted octanol–water partition coefficient (Wildman–Crippen LogP) is 2.75. The Morgan fingerprint density at radius 2 is 1.70 bits per heavy atom. The van der Waals surface area contributed by atoms with Crippen LogP contribution in [0, 0.1) is 0 Å². The third kappa shape index (κ3) is 6.99. The van der Waals surface area contributed by atoms with E-state index in [9.17, 15) is 9.90 Å². The molecule has 2 aromatic rings. The first-order valence-electron chi connectivity index (χ1n) is 10.3. The first-order valence-corrected chi connectivity index (χ1v) is 10.7. The molecule has 1 aliphatic heterocycles. The van der Waals surface area contributed by atoms with Crippen molar-refractivity contribution in [3.63, 3.8) is 0 Å². The zero-order valence-corrected chi connectivity index (χ0v) is 18.2. The van der Waals surface area contributed by atoms with Gasteiger partial charge in [-0.3, -0.25) is 9.69 Å². The van der Waals surface area contributed by atoms with Gasteiger partial charge in [0.05, 0.1) is 0 Å². The molecule has 0 saturated carbocycles. The fourth-order valence-electron chi connectivity index (χ4n) is 3.49. The molecule has 162 valence electrons. The smallest absolute Gasteiger partial charge is 0.228 e. The van der Waals surface area contributed by atoms with Gasteiger partial charge in [0, 0.05) is 63.4 Å². The Balaban J connectivity index is 1.32. The van der Waals surface area contributed by atoms with Gasteiger partial charge in [0.2, 0.25) is 5.91 Å². The number of anilines is 1. The summed E-state index contributed by atoms with van der Waals surface area (Å²) in [7, 11) is 1.82. The van der Waals surface area contributed by atoms with Gasteiger partial charge in [-0.05, 0) is 36.4 Å². The van der Waals surface area contributed by atoms with Gasteiger partial charge in [0.15, 0.2) is 0 Å². The second-order valence-electron chi connectivity index (χ2n) is 7.60. The van der Waals surface area contributed by atoms with Crippen LogP contribution in [0.3, 0.4) is 0 Å². The highest BCUT2D eigenvalue weighted by Gasteiger charge is 2.20. The zero-order chi connectivity index (χ0) is 21.3. The number of β-amino-alcohol motifs (C(OH)–C–C–N with tert-alkyl or cyclic N) is 1. The van der Waals surface area contributed by atoms with Crippen molar-refractivity contribution in [3.05, 3.63) is 59.6 Å². The lowest BCUT2D eigenvalue weighted by atomic mass is 10.2. The van der Waals surface area contributed by atoms with Crippen molar-refractivity contribution in [1.29, 1.82) is 0 Å². The molecule has 7 heteroatoms. The van der Waals surface area contributed by atoms with Crippen molar-refractivity contribution in [2.45, 2.75) is 12.5 Å². The molecule has 3 rings (SSSR count). The molecule has 1 heterocycles. The van der Waals surface area contributed by atoms with Gasteiger partial charge in [-0.15, -0.1) is 0 Å².